The van der Waals surface area contributed by atoms with E-state index in [1.54, 1.807) is 32.0 Å². The number of rotatable bonds is 5. The summed E-state index contributed by atoms with van der Waals surface area (Å²) in [6, 6.07) is 7.80. The number of benzene rings is 1. The zero-order valence-corrected chi connectivity index (χ0v) is 17.8. The number of hydrogen-bond donors (Lipinski definition) is 0. The lowest BCUT2D eigenvalue weighted by Crippen LogP contribution is -2.28. The highest BCUT2D eigenvalue weighted by Gasteiger charge is 2.30. The largest absolute Gasteiger partial charge is 0.495 e. The molecule has 0 spiro atoms. The zero-order valence-electron chi connectivity index (χ0n) is 17.0. The van der Waals surface area contributed by atoms with Crippen LogP contribution in [-0.2, 0) is 10.0 Å². The average Bonchev–Trinajstić information content (AvgIpc) is 3.39. The molecule has 2 aromatic heterocycles. The molecule has 0 radical (unpaired) electrons. The molecule has 3 heterocycles. The van der Waals surface area contributed by atoms with Crippen molar-refractivity contribution in [2.45, 2.75) is 31.6 Å². The molecule has 9 nitrogen and oxygen atoms in total. The van der Waals surface area contributed by atoms with E-state index in [0.717, 1.165) is 12.8 Å². The van der Waals surface area contributed by atoms with Crippen LogP contribution in [0.3, 0.4) is 0 Å². The maximum absolute atomic E-state index is 13.1. The van der Waals surface area contributed by atoms with Crippen LogP contribution in [0.1, 0.15) is 24.3 Å². The molecule has 0 unspecified atom stereocenters. The molecule has 1 saturated heterocycles. The van der Waals surface area contributed by atoms with Crippen LogP contribution < -0.4 is 10.3 Å². The van der Waals surface area contributed by atoms with Crippen LogP contribution in [0.5, 0.6) is 5.75 Å². The molecule has 0 saturated carbocycles. The van der Waals surface area contributed by atoms with Gasteiger partial charge in [0.05, 0.1) is 12.8 Å². The first kappa shape index (κ1) is 20.3. The van der Waals surface area contributed by atoms with E-state index in [2.05, 4.69) is 10.3 Å². The SMILES string of the molecule is COc1ccc(-c2ccc(=O)n(-c3c(C)noc3C)n2)cc1S(=O)(=O)N1CCCC1. The van der Waals surface area contributed by atoms with E-state index in [0.29, 0.717) is 41.5 Å². The van der Waals surface area contributed by atoms with Crippen molar-refractivity contribution in [3.63, 3.8) is 0 Å². The summed E-state index contributed by atoms with van der Waals surface area (Å²) in [6.07, 6.45) is 1.68. The van der Waals surface area contributed by atoms with Crippen LogP contribution in [0, 0.1) is 13.8 Å². The minimum absolute atomic E-state index is 0.0845. The minimum Gasteiger partial charge on any atom is -0.495 e. The lowest BCUT2D eigenvalue weighted by Gasteiger charge is -2.18. The van der Waals surface area contributed by atoms with Crippen LogP contribution in [0.15, 0.2) is 44.5 Å². The normalized spacial score (nSPS) is 14.9. The van der Waals surface area contributed by atoms with Crippen LogP contribution >= 0.6 is 0 Å². The van der Waals surface area contributed by atoms with E-state index in [1.807, 2.05) is 0 Å². The Kier molecular flexibility index (Phi) is 5.20. The van der Waals surface area contributed by atoms with Crippen molar-refractivity contribution >= 4 is 10.0 Å². The summed E-state index contributed by atoms with van der Waals surface area (Å²) in [4.78, 5) is 12.5. The van der Waals surface area contributed by atoms with Gasteiger partial charge in [0.25, 0.3) is 5.56 Å². The van der Waals surface area contributed by atoms with Gasteiger partial charge in [0.1, 0.15) is 22.0 Å². The molecule has 0 atom stereocenters. The number of methoxy groups -OCH3 is 1. The highest BCUT2D eigenvalue weighted by Crippen LogP contribution is 2.32. The zero-order chi connectivity index (χ0) is 21.5. The molecular formula is C20H22N4O5S. The number of hydrogen-bond acceptors (Lipinski definition) is 7. The lowest BCUT2D eigenvalue weighted by atomic mass is 10.1. The molecule has 158 valence electrons. The van der Waals surface area contributed by atoms with E-state index in [4.69, 9.17) is 9.26 Å². The Morgan fingerprint density at radius 2 is 1.83 bits per heavy atom. The first-order chi connectivity index (χ1) is 14.3. The van der Waals surface area contributed by atoms with Gasteiger partial charge in [-0.1, -0.05) is 5.16 Å². The first-order valence-electron chi connectivity index (χ1n) is 9.55. The van der Waals surface area contributed by atoms with Crippen molar-refractivity contribution in [1.82, 2.24) is 19.2 Å². The summed E-state index contributed by atoms with van der Waals surface area (Å²) < 4.78 is 39.4. The van der Waals surface area contributed by atoms with E-state index < -0.39 is 10.0 Å². The van der Waals surface area contributed by atoms with Gasteiger partial charge in [0.15, 0.2) is 5.76 Å². The van der Waals surface area contributed by atoms with Crippen molar-refractivity contribution in [1.29, 1.82) is 0 Å². The third kappa shape index (κ3) is 3.41. The second kappa shape index (κ2) is 7.69. The summed E-state index contributed by atoms with van der Waals surface area (Å²) in [5.41, 5.74) is 1.65. The maximum Gasteiger partial charge on any atom is 0.271 e. The highest BCUT2D eigenvalue weighted by atomic mass is 32.2. The van der Waals surface area contributed by atoms with Crippen LogP contribution in [0.25, 0.3) is 16.9 Å². The van der Waals surface area contributed by atoms with Gasteiger partial charge in [-0.25, -0.2) is 8.42 Å². The average molecular weight is 430 g/mol. The molecular weight excluding hydrogens is 408 g/mol. The van der Waals surface area contributed by atoms with Crippen LogP contribution in [0.4, 0.5) is 0 Å². The van der Waals surface area contributed by atoms with Gasteiger partial charge in [-0.05, 0) is 51.0 Å². The van der Waals surface area contributed by atoms with Crippen molar-refractivity contribution in [2.24, 2.45) is 0 Å². The Hall–Kier alpha value is -2.98. The van der Waals surface area contributed by atoms with Gasteiger partial charge >= 0.3 is 0 Å². The predicted molar refractivity (Wildman–Crippen MR) is 109 cm³/mol. The molecule has 1 aliphatic heterocycles. The summed E-state index contributed by atoms with van der Waals surface area (Å²) >= 11 is 0. The van der Waals surface area contributed by atoms with Crippen molar-refractivity contribution < 1.29 is 17.7 Å². The molecule has 0 amide bonds. The van der Waals surface area contributed by atoms with Gasteiger partial charge in [0, 0.05) is 24.7 Å². The smallest absolute Gasteiger partial charge is 0.271 e. The monoisotopic (exact) mass is 430 g/mol. The Morgan fingerprint density at radius 3 is 2.47 bits per heavy atom. The molecule has 1 fully saturated rings. The van der Waals surface area contributed by atoms with E-state index >= 15 is 0 Å². The molecule has 0 aliphatic carbocycles. The third-order valence-electron chi connectivity index (χ3n) is 5.15. The van der Waals surface area contributed by atoms with Crippen LogP contribution in [0.2, 0.25) is 0 Å². The molecule has 0 N–H and O–H groups in total. The standard InChI is InChI=1S/C20H22N4O5S/c1-13-20(14(2)29-22-13)24-19(25)9-7-16(21-24)15-6-8-17(28-3)18(12-15)30(26,27)23-10-4-5-11-23/h6-9,12H,4-5,10-11H2,1-3H3. The van der Waals surface area contributed by atoms with Gasteiger partial charge in [-0.2, -0.15) is 14.1 Å². The van der Waals surface area contributed by atoms with Crippen molar-refractivity contribution in [3.05, 3.63) is 52.1 Å². The van der Waals surface area contributed by atoms with E-state index in [1.165, 1.54) is 28.2 Å². The number of aryl methyl sites for hydroxylation is 2. The fraction of sp³-hybridized carbons (Fsp3) is 0.350. The Labute approximate surface area is 173 Å². The molecule has 1 aromatic carbocycles. The Balaban J connectivity index is 1.84. The second-order valence-electron chi connectivity index (χ2n) is 7.12. The Bertz CT molecular complexity index is 1240. The van der Waals surface area contributed by atoms with Crippen molar-refractivity contribution in [3.8, 4) is 22.7 Å². The highest BCUT2D eigenvalue weighted by molar-refractivity contribution is 7.89. The number of sulfonamides is 1. The summed E-state index contributed by atoms with van der Waals surface area (Å²) in [7, 11) is -2.26. The van der Waals surface area contributed by atoms with Gasteiger partial charge in [0.2, 0.25) is 10.0 Å². The summed E-state index contributed by atoms with van der Waals surface area (Å²) in [5, 5.41) is 8.31. The Morgan fingerprint density at radius 1 is 1.10 bits per heavy atom. The minimum atomic E-state index is -3.70. The lowest BCUT2D eigenvalue weighted by molar-refractivity contribution is 0.392. The first-order valence-corrected chi connectivity index (χ1v) is 11.0. The van der Waals surface area contributed by atoms with Gasteiger partial charge < -0.3 is 9.26 Å². The fourth-order valence-corrected chi connectivity index (χ4v) is 5.31. The topological polar surface area (TPSA) is 108 Å². The summed E-state index contributed by atoms with van der Waals surface area (Å²) in [6.45, 7) is 4.40. The number of aromatic nitrogens is 3. The molecule has 0 bridgehead atoms. The van der Waals surface area contributed by atoms with E-state index in [-0.39, 0.29) is 16.2 Å². The quantitative estimate of drug-likeness (QED) is 0.611. The number of nitrogens with zero attached hydrogens (tertiary/aromatic N) is 4. The molecule has 4 rings (SSSR count). The van der Waals surface area contributed by atoms with Gasteiger partial charge in [-0.3, -0.25) is 4.79 Å². The van der Waals surface area contributed by atoms with E-state index in [9.17, 15) is 13.2 Å². The molecule has 1 aliphatic rings. The molecule has 10 heteroatoms. The van der Waals surface area contributed by atoms with Crippen LogP contribution in [-0.4, -0.2) is 47.9 Å². The predicted octanol–water partition coefficient (Wildman–Crippen LogP) is 2.30. The maximum atomic E-state index is 13.1. The second-order valence-corrected chi connectivity index (χ2v) is 9.02. The van der Waals surface area contributed by atoms with Gasteiger partial charge in [-0.15, -0.1) is 0 Å². The number of ether oxygens (including phenoxy) is 1. The fourth-order valence-electron chi connectivity index (χ4n) is 3.61. The summed E-state index contributed by atoms with van der Waals surface area (Å²) in [5.74, 6) is 0.732. The molecule has 30 heavy (non-hydrogen) atoms. The molecule has 3 aromatic rings. The third-order valence-corrected chi connectivity index (χ3v) is 7.07. The van der Waals surface area contributed by atoms with Crippen molar-refractivity contribution in [2.75, 3.05) is 20.2 Å².